The summed E-state index contributed by atoms with van der Waals surface area (Å²) >= 11 is 0. The molecule has 0 radical (unpaired) electrons. The van der Waals surface area contributed by atoms with Gasteiger partial charge in [-0.15, -0.1) is 24.0 Å². The van der Waals surface area contributed by atoms with Crippen LogP contribution >= 0.6 is 24.0 Å². The summed E-state index contributed by atoms with van der Waals surface area (Å²) in [4.78, 5) is 4.10. The standard InChI is InChI=1S/C19H31F3N4O2S.HI/c1-5-26(29(4,27)28)13-7-11-24-18(23-3)25-12-10-15(2)16-8-6-9-17(14-16)19(20,21)22;/h6,8-9,14-15H,5,7,10-13H2,1-4H3,(H2,23,24,25);1H. The van der Waals surface area contributed by atoms with Crippen molar-refractivity contribution < 1.29 is 21.6 Å². The summed E-state index contributed by atoms with van der Waals surface area (Å²) in [5.41, 5.74) is 0.00695. The Hall–Kier alpha value is -1.08. The molecule has 1 aromatic rings. The van der Waals surface area contributed by atoms with Gasteiger partial charge in [-0.1, -0.05) is 32.0 Å². The molecule has 0 aliphatic rings. The number of nitrogens with zero attached hydrogens (tertiary/aromatic N) is 2. The maximum atomic E-state index is 12.8. The average Bonchev–Trinajstić information content (AvgIpc) is 2.64. The van der Waals surface area contributed by atoms with Gasteiger partial charge in [0.25, 0.3) is 0 Å². The van der Waals surface area contributed by atoms with E-state index < -0.39 is 21.8 Å². The van der Waals surface area contributed by atoms with Gasteiger partial charge in [0, 0.05) is 33.2 Å². The molecule has 0 saturated carbocycles. The smallest absolute Gasteiger partial charge is 0.356 e. The number of aliphatic imine (C=N–C) groups is 1. The van der Waals surface area contributed by atoms with Gasteiger partial charge in [-0.25, -0.2) is 12.7 Å². The molecule has 0 aliphatic carbocycles. The van der Waals surface area contributed by atoms with E-state index in [9.17, 15) is 21.6 Å². The fraction of sp³-hybridized carbons (Fsp3) is 0.632. The first kappa shape index (κ1) is 28.9. The van der Waals surface area contributed by atoms with Crippen LogP contribution in [0.15, 0.2) is 29.3 Å². The number of alkyl halides is 3. The molecule has 1 atom stereocenters. The Bertz CT molecular complexity index is 773. The van der Waals surface area contributed by atoms with Gasteiger partial charge in [-0.05, 0) is 30.4 Å². The highest BCUT2D eigenvalue weighted by Gasteiger charge is 2.30. The second-order valence-corrected chi connectivity index (χ2v) is 8.83. The van der Waals surface area contributed by atoms with Crippen molar-refractivity contribution in [2.24, 2.45) is 4.99 Å². The van der Waals surface area contributed by atoms with Crippen molar-refractivity contribution in [3.63, 3.8) is 0 Å². The van der Waals surface area contributed by atoms with Gasteiger partial charge >= 0.3 is 6.18 Å². The van der Waals surface area contributed by atoms with E-state index >= 15 is 0 Å². The van der Waals surface area contributed by atoms with Gasteiger partial charge in [-0.3, -0.25) is 4.99 Å². The zero-order valence-corrected chi connectivity index (χ0v) is 20.9. The lowest BCUT2D eigenvalue weighted by Gasteiger charge is -2.19. The third kappa shape index (κ3) is 10.3. The summed E-state index contributed by atoms with van der Waals surface area (Å²) in [6.07, 6.45) is -1.89. The number of guanidine groups is 1. The van der Waals surface area contributed by atoms with Gasteiger partial charge in [0.05, 0.1) is 11.8 Å². The summed E-state index contributed by atoms with van der Waals surface area (Å²) in [5, 5.41) is 6.24. The SMILES string of the molecule is CCN(CCCNC(=NC)NCCC(C)c1cccc(C(F)(F)F)c1)S(C)(=O)=O.I. The van der Waals surface area contributed by atoms with Crippen LogP contribution in [0.2, 0.25) is 0 Å². The van der Waals surface area contributed by atoms with Crippen LogP contribution in [0.3, 0.4) is 0 Å². The number of sulfonamides is 1. The van der Waals surface area contributed by atoms with Gasteiger partial charge in [0.15, 0.2) is 5.96 Å². The first-order valence-electron chi connectivity index (χ1n) is 9.55. The Morgan fingerprint density at radius 1 is 1.23 bits per heavy atom. The zero-order chi connectivity index (χ0) is 22.1. The third-order valence-electron chi connectivity index (χ3n) is 4.57. The van der Waals surface area contributed by atoms with E-state index in [4.69, 9.17) is 0 Å². The van der Waals surface area contributed by atoms with Crippen molar-refractivity contribution in [3.8, 4) is 0 Å². The molecule has 1 unspecified atom stereocenters. The summed E-state index contributed by atoms with van der Waals surface area (Å²) in [6.45, 7) is 5.62. The number of rotatable bonds is 10. The Balaban J connectivity index is 0.00000841. The van der Waals surface area contributed by atoms with Gasteiger partial charge in [-0.2, -0.15) is 13.2 Å². The zero-order valence-electron chi connectivity index (χ0n) is 17.8. The highest BCUT2D eigenvalue weighted by molar-refractivity contribution is 14.0. The number of hydrogen-bond acceptors (Lipinski definition) is 3. The van der Waals surface area contributed by atoms with Crippen LogP contribution < -0.4 is 10.6 Å². The minimum atomic E-state index is -4.34. The molecule has 1 aromatic carbocycles. The van der Waals surface area contributed by atoms with E-state index in [0.717, 1.165) is 6.07 Å². The molecule has 30 heavy (non-hydrogen) atoms. The van der Waals surface area contributed by atoms with Crippen molar-refractivity contribution in [2.75, 3.05) is 39.5 Å². The van der Waals surface area contributed by atoms with Gasteiger partial charge in [0.1, 0.15) is 0 Å². The highest BCUT2D eigenvalue weighted by atomic mass is 127. The van der Waals surface area contributed by atoms with Crippen LogP contribution in [0.25, 0.3) is 0 Å². The molecule has 0 amide bonds. The number of nitrogens with one attached hydrogen (secondary N) is 2. The number of hydrogen-bond donors (Lipinski definition) is 2. The molecule has 174 valence electrons. The van der Waals surface area contributed by atoms with Crippen molar-refractivity contribution in [1.29, 1.82) is 0 Å². The van der Waals surface area contributed by atoms with Crippen molar-refractivity contribution in [2.45, 2.75) is 38.8 Å². The molecule has 11 heteroatoms. The van der Waals surface area contributed by atoms with E-state index in [1.54, 1.807) is 20.0 Å². The lowest BCUT2D eigenvalue weighted by molar-refractivity contribution is -0.137. The lowest BCUT2D eigenvalue weighted by atomic mass is 9.96. The molecule has 0 heterocycles. The molecule has 1 rings (SSSR count). The van der Waals surface area contributed by atoms with E-state index in [2.05, 4.69) is 15.6 Å². The van der Waals surface area contributed by atoms with Crippen LogP contribution in [-0.2, 0) is 16.2 Å². The summed E-state index contributed by atoms with van der Waals surface area (Å²) in [6, 6.07) is 5.40. The van der Waals surface area contributed by atoms with E-state index in [-0.39, 0.29) is 29.9 Å². The highest BCUT2D eigenvalue weighted by Crippen LogP contribution is 2.31. The Labute approximate surface area is 194 Å². The molecular weight excluding hydrogens is 532 g/mol. The van der Waals surface area contributed by atoms with Gasteiger partial charge < -0.3 is 10.6 Å². The van der Waals surface area contributed by atoms with Crippen LogP contribution in [-0.4, -0.2) is 58.2 Å². The second kappa shape index (κ2) is 13.4. The first-order chi connectivity index (χ1) is 13.5. The van der Waals surface area contributed by atoms with Crippen LogP contribution in [0.5, 0.6) is 0 Å². The van der Waals surface area contributed by atoms with Crippen LogP contribution in [0.1, 0.15) is 43.7 Å². The molecule has 0 saturated heterocycles. The normalized spacial score (nSPS) is 13.7. The molecule has 0 aromatic heterocycles. The van der Waals surface area contributed by atoms with Crippen LogP contribution in [0, 0.1) is 0 Å². The van der Waals surface area contributed by atoms with Crippen molar-refractivity contribution in [1.82, 2.24) is 14.9 Å². The quantitative estimate of drug-likeness (QED) is 0.197. The van der Waals surface area contributed by atoms with E-state index in [1.807, 2.05) is 6.92 Å². The molecule has 0 spiro atoms. The minimum Gasteiger partial charge on any atom is -0.356 e. The van der Waals surface area contributed by atoms with Crippen LogP contribution in [0.4, 0.5) is 13.2 Å². The molecule has 0 fully saturated rings. The third-order valence-corrected chi connectivity index (χ3v) is 5.95. The Morgan fingerprint density at radius 3 is 2.40 bits per heavy atom. The first-order valence-corrected chi connectivity index (χ1v) is 11.4. The molecule has 2 N–H and O–H groups in total. The largest absolute Gasteiger partial charge is 0.416 e. The molecular formula is C19H32F3IN4O2S. The Kier molecular flexibility index (Phi) is 12.9. The van der Waals surface area contributed by atoms with Gasteiger partial charge in [0.2, 0.25) is 10.0 Å². The monoisotopic (exact) mass is 564 g/mol. The maximum Gasteiger partial charge on any atom is 0.416 e. The molecule has 6 nitrogen and oxygen atoms in total. The summed E-state index contributed by atoms with van der Waals surface area (Å²) in [7, 11) is -1.57. The average molecular weight is 564 g/mol. The number of benzene rings is 1. The van der Waals surface area contributed by atoms with Crippen molar-refractivity contribution in [3.05, 3.63) is 35.4 Å². The van der Waals surface area contributed by atoms with E-state index in [1.165, 1.54) is 22.7 Å². The summed E-state index contributed by atoms with van der Waals surface area (Å²) < 4.78 is 63.1. The topological polar surface area (TPSA) is 73.8 Å². The van der Waals surface area contributed by atoms with E-state index in [0.29, 0.717) is 50.5 Å². The Morgan fingerprint density at radius 2 is 1.87 bits per heavy atom. The molecule has 0 aliphatic heterocycles. The predicted molar refractivity (Wildman–Crippen MR) is 126 cm³/mol. The lowest BCUT2D eigenvalue weighted by Crippen LogP contribution is -2.40. The second-order valence-electron chi connectivity index (χ2n) is 6.85. The molecule has 0 bridgehead atoms. The fourth-order valence-electron chi connectivity index (χ4n) is 2.84. The fourth-order valence-corrected chi connectivity index (χ4v) is 3.77. The number of halogens is 4. The van der Waals surface area contributed by atoms with Crippen molar-refractivity contribution >= 4 is 40.0 Å². The summed E-state index contributed by atoms with van der Waals surface area (Å²) in [5.74, 6) is 0.527. The minimum absolute atomic E-state index is 0. The predicted octanol–water partition coefficient (Wildman–Crippen LogP) is 3.65. The maximum absolute atomic E-state index is 12.8.